The summed E-state index contributed by atoms with van der Waals surface area (Å²) >= 11 is 1.60. The number of thiophene rings is 1. The van der Waals surface area contributed by atoms with Gasteiger partial charge in [-0.05, 0) is 36.6 Å². The summed E-state index contributed by atoms with van der Waals surface area (Å²) in [6.45, 7) is 2.37. The van der Waals surface area contributed by atoms with Crippen molar-refractivity contribution in [3.05, 3.63) is 22.4 Å². The van der Waals surface area contributed by atoms with Gasteiger partial charge in [0.15, 0.2) is 0 Å². The number of carbonyl (C=O) groups is 2. The van der Waals surface area contributed by atoms with Gasteiger partial charge in [0.2, 0.25) is 0 Å². The summed E-state index contributed by atoms with van der Waals surface area (Å²) in [5, 5.41) is 16.6. The van der Waals surface area contributed by atoms with E-state index in [9.17, 15) is 9.59 Å². The van der Waals surface area contributed by atoms with Crippen molar-refractivity contribution in [2.45, 2.75) is 38.6 Å². The number of carboxylic acid groups (broad SMARTS) is 1. The van der Waals surface area contributed by atoms with Gasteiger partial charge in [0.25, 0.3) is 0 Å². The molecule has 5 nitrogen and oxygen atoms in total. The average Bonchev–Trinajstić information content (AvgIpc) is 2.85. The van der Waals surface area contributed by atoms with Gasteiger partial charge in [0, 0.05) is 11.4 Å². The smallest absolute Gasteiger partial charge is 0.315 e. The molecule has 110 valence electrons. The number of rotatable bonds is 6. The second-order valence-corrected chi connectivity index (χ2v) is 6.47. The lowest BCUT2D eigenvalue weighted by atomic mass is 9.66. The molecule has 1 fully saturated rings. The quantitative estimate of drug-likeness (QED) is 0.755. The van der Waals surface area contributed by atoms with Crippen molar-refractivity contribution < 1.29 is 14.7 Å². The number of aliphatic carboxylic acids is 1. The van der Waals surface area contributed by atoms with Crippen LogP contribution in [-0.2, 0) is 4.79 Å². The fraction of sp³-hybridized carbons (Fsp3) is 0.571. The third-order valence-corrected chi connectivity index (χ3v) is 4.94. The first-order chi connectivity index (χ1) is 9.51. The zero-order chi connectivity index (χ0) is 14.6. The van der Waals surface area contributed by atoms with Crippen molar-refractivity contribution in [3.8, 4) is 0 Å². The number of hydrogen-bond acceptors (Lipinski definition) is 3. The van der Waals surface area contributed by atoms with Crippen LogP contribution >= 0.6 is 11.3 Å². The Balaban J connectivity index is 1.78. The lowest BCUT2D eigenvalue weighted by molar-refractivity contribution is -0.141. The summed E-state index contributed by atoms with van der Waals surface area (Å²) in [5.74, 6) is -0.793. The normalized spacial score (nSPS) is 17.9. The fourth-order valence-electron chi connectivity index (χ4n) is 2.54. The van der Waals surface area contributed by atoms with Gasteiger partial charge in [-0.25, -0.2) is 4.79 Å². The number of urea groups is 1. The fourth-order valence-corrected chi connectivity index (χ4v) is 3.27. The predicted octanol–water partition coefficient (Wildman–Crippen LogP) is 2.75. The third-order valence-electron chi connectivity index (χ3n) is 3.88. The summed E-state index contributed by atoms with van der Waals surface area (Å²) in [4.78, 5) is 23.8. The van der Waals surface area contributed by atoms with E-state index in [-0.39, 0.29) is 23.9 Å². The molecule has 0 bridgehead atoms. The van der Waals surface area contributed by atoms with Crippen LogP contribution in [0.2, 0.25) is 0 Å². The van der Waals surface area contributed by atoms with Crippen LogP contribution in [0.25, 0.3) is 0 Å². The van der Waals surface area contributed by atoms with E-state index >= 15 is 0 Å². The Kier molecular flexibility index (Phi) is 4.65. The Morgan fingerprint density at radius 1 is 1.50 bits per heavy atom. The van der Waals surface area contributed by atoms with Gasteiger partial charge in [-0.15, -0.1) is 11.3 Å². The molecule has 0 saturated heterocycles. The first kappa shape index (κ1) is 14.8. The van der Waals surface area contributed by atoms with E-state index in [0.717, 1.165) is 24.1 Å². The number of hydrogen-bond donors (Lipinski definition) is 3. The SMILES string of the molecule is CC(NC(=O)NCC1(CC(=O)O)CCC1)c1cccs1. The molecule has 1 unspecified atom stereocenters. The molecule has 0 aromatic carbocycles. The molecule has 3 N–H and O–H groups in total. The van der Waals surface area contributed by atoms with Gasteiger partial charge in [-0.1, -0.05) is 12.5 Å². The van der Waals surface area contributed by atoms with Crippen molar-refractivity contribution in [1.29, 1.82) is 0 Å². The Bertz CT molecular complexity index is 469. The van der Waals surface area contributed by atoms with Gasteiger partial charge in [0.1, 0.15) is 0 Å². The maximum absolute atomic E-state index is 11.9. The maximum Gasteiger partial charge on any atom is 0.315 e. The lowest BCUT2D eigenvalue weighted by Gasteiger charge is -2.40. The molecule has 2 rings (SSSR count). The lowest BCUT2D eigenvalue weighted by Crippen LogP contribution is -2.46. The van der Waals surface area contributed by atoms with E-state index in [1.807, 2.05) is 24.4 Å². The largest absolute Gasteiger partial charge is 0.481 e. The molecule has 1 aliphatic rings. The zero-order valence-electron chi connectivity index (χ0n) is 11.5. The van der Waals surface area contributed by atoms with Crippen molar-refractivity contribution in [1.82, 2.24) is 10.6 Å². The number of nitrogens with one attached hydrogen (secondary N) is 2. The molecule has 2 amide bonds. The van der Waals surface area contributed by atoms with Gasteiger partial charge >= 0.3 is 12.0 Å². The molecule has 6 heteroatoms. The highest BCUT2D eigenvalue weighted by Gasteiger charge is 2.39. The number of carboxylic acids is 1. The maximum atomic E-state index is 11.9. The Morgan fingerprint density at radius 2 is 2.25 bits per heavy atom. The molecular weight excluding hydrogens is 276 g/mol. The van der Waals surface area contributed by atoms with Crippen molar-refractivity contribution in [2.75, 3.05) is 6.54 Å². The molecule has 0 radical (unpaired) electrons. The first-order valence-electron chi connectivity index (χ1n) is 6.80. The molecule has 1 saturated carbocycles. The van der Waals surface area contributed by atoms with Gasteiger partial charge in [-0.3, -0.25) is 4.79 Å². The molecule has 0 spiro atoms. The van der Waals surface area contributed by atoms with Gasteiger partial charge < -0.3 is 15.7 Å². The molecule has 1 atom stereocenters. The summed E-state index contributed by atoms with van der Waals surface area (Å²) in [5.41, 5.74) is -0.241. The summed E-state index contributed by atoms with van der Waals surface area (Å²) in [7, 11) is 0. The Morgan fingerprint density at radius 3 is 2.75 bits per heavy atom. The second kappa shape index (κ2) is 6.26. The first-order valence-corrected chi connectivity index (χ1v) is 7.68. The predicted molar refractivity (Wildman–Crippen MR) is 77.8 cm³/mol. The average molecular weight is 296 g/mol. The van der Waals surface area contributed by atoms with Crippen molar-refractivity contribution in [2.24, 2.45) is 5.41 Å². The molecular formula is C14H20N2O3S. The van der Waals surface area contributed by atoms with E-state index in [1.165, 1.54) is 0 Å². The second-order valence-electron chi connectivity index (χ2n) is 5.49. The summed E-state index contributed by atoms with van der Waals surface area (Å²) < 4.78 is 0. The molecule has 1 aliphatic carbocycles. The van der Waals surface area contributed by atoms with Crippen LogP contribution in [-0.4, -0.2) is 23.7 Å². The Labute approximate surface area is 122 Å². The zero-order valence-corrected chi connectivity index (χ0v) is 12.3. The number of carbonyl (C=O) groups excluding carboxylic acids is 1. The van der Waals surface area contributed by atoms with E-state index in [2.05, 4.69) is 10.6 Å². The summed E-state index contributed by atoms with van der Waals surface area (Å²) in [6, 6.07) is 3.66. The molecule has 1 heterocycles. The van der Waals surface area contributed by atoms with Crippen molar-refractivity contribution in [3.63, 3.8) is 0 Å². The van der Waals surface area contributed by atoms with Crippen molar-refractivity contribution >= 4 is 23.3 Å². The van der Waals surface area contributed by atoms with Gasteiger partial charge in [0.05, 0.1) is 12.5 Å². The van der Waals surface area contributed by atoms with Crippen LogP contribution in [0.15, 0.2) is 17.5 Å². The minimum Gasteiger partial charge on any atom is -0.481 e. The van der Waals surface area contributed by atoms with Gasteiger partial charge in [-0.2, -0.15) is 0 Å². The van der Waals surface area contributed by atoms with E-state index in [4.69, 9.17) is 5.11 Å². The van der Waals surface area contributed by atoms with Crippen LogP contribution in [0.1, 0.15) is 43.5 Å². The number of amides is 2. The van der Waals surface area contributed by atoms with E-state index in [0.29, 0.717) is 6.54 Å². The minimum atomic E-state index is -0.793. The highest BCUT2D eigenvalue weighted by molar-refractivity contribution is 7.10. The minimum absolute atomic E-state index is 0.0354. The van der Waals surface area contributed by atoms with E-state index < -0.39 is 5.97 Å². The highest BCUT2D eigenvalue weighted by atomic mass is 32.1. The Hall–Kier alpha value is -1.56. The van der Waals surface area contributed by atoms with Crippen LogP contribution in [0, 0.1) is 5.41 Å². The standard InChI is InChI=1S/C14H20N2O3S/c1-10(11-4-2-7-20-11)16-13(19)15-9-14(5-3-6-14)8-12(17)18/h2,4,7,10H,3,5-6,8-9H2,1H3,(H,17,18)(H2,15,16,19). The highest BCUT2D eigenvalue weighted by Crippen LogP contribution is 2.43. The van der Waals surface area contributed by atoms with E-state index in [1.54, 1.807) is 11.3 Å². The van der Waals surface area contributed by atoms with Crippen LogP contribution in [0.3, 0.4) is 0 Å². The van der Waals surface area contributed by atoms with Crippen LogP contribution in [0.4, 0.5) is 4.79 Å². The summed E-state index contributed by atoms with van der Waals surface area (Å²) in [6.07, 6.45) is 2.93. The molecule has 20 heavy (non-hydrogen) atoms. The molecule has 0 aliphatic heterocycles. The molecule has 1 aromatic rings. The monoisotopic (exact) mass is 296 g/mol. The molecule has 1 aromatic heterocycles. The third kappa shape index (κ3) is 3.72. The topological polar surface area (TPSA) is 78.4 Å². The van der Waals surface area contributed by atoms with Crippen LogP contribution in [0.5, 0.6) is 0 Å². The van der Waals surface area contributed by atoms with Crippen LogP contribution < -0.4 is 10.6 Å².